The van der Waals surface area contributed by atoms with Gasteiger partial charge in [-0.3, -0.25) is 0 Å². The van der Waals surface area contributed by atoms with Crippen molar-refractivity contribution >= 4 is 17.9 Å². The van der Waals surface area contributed by atoms with Crippen LogP contribution >= 0.6 is 11.6 Å². The van der Waals surface area contributed by atoms with Gasteiger partial charge in [-0.05, 0) is 24.1 Å². The lowest BCUT2D eigenvalue weighted by molar-refractivity contribution is -0.110. The summed E-state index contributed by atoms with van der Waals surface area (Å²) < 4.78 is 0. The van der Waals surface area contributed by atoms with Crippen molar-refractivity contribution in [3.05, 3.63) is 34.3 Å². The third kappa shape index (κ3) is 2.58. The summed E-state index contributed by atoms with van der Waals surface area (Å²) in [5, 5.41) is 9.09. The highest BCUT2D eigenvalue weighted by atomic mass is 35.5. The number of nitrogens with zero attached hydrogens (tertiary/aromatic N) is 1. The Morgan fingerprint density at radius 3 is 2.86 bits per heavy atom. The fourth-order valence-electron chi connectivity index (χ4n) is 1.20. The summed E-state index contributed by atoms with van der Waals surface area (Å²) in [6.45, 7) is 1.85. The molecule has 0 amide bonds. The first-order valence-electron chi connectivity index (χ1n) is 4.31. The smallest absolute Gasteiger partial charge is 0.123 e. The molecule has 0 aliphatic carbocycles. The number of hydrogen-bond donors (Lipinski definition) is 0. The number of benzene rings is 1. The maximum absolute atomic E-state index is 10.4. The second-order valence-electron chi connectivity index (χ2n) is 3.24. The van der Waals surface area contributed by atoms with Crippen molar-refractivity contribution in [3.8, 4) is 6.07 Å². The highest BCUT2D eigenvalue weighted by molar-refractivity contribution is 6.31. The van der Waals surface area contributed by atoms with Gasteiger partial charge in [0, 0.05) is 5.92 Å². The molecule has 0 radical (unpaired) electrons. The molecule has 1 unspecified atom stereocenters. The number of aldehydes is 1. The van der Waals surface area contributed by atoms with Gasteiger partial charge in [0.25, 0.3) is 0 Å². The molecule has 1 aromatic carbocycles. The molecule has 0 saturated heterocycles. The molecule has 0 heterocycles. The van der Waals surface area contributed by atoms with Crippen LogP contribution in [0.4, 0.5) is 0 Å². The molecule has 3 heteroatoms. The second kappa shape index (κ2) is 4.78. The van der Waals surface area contributed by atoms with E-state index in [-0.39, 0.29) is 5.92 Å². The number of carbonyl (C=O) groups excluding carboxylic acids is 1. The van der Waals surface area contributed by atoms with E-state index in [9.17, 15) is 4.79 Å². The van der Waals surface area contributed by atoms with Crippen molar-refractivity contribution in [3.63, 3.8) is 0 Å². The highest BCUT2D eigenvalue weighted by Crippen LogP contribution is 2.18. The first kappa shape index (κ1) is 10.7. The van der Waals surface area contributed by atoms with E-state index in [1.165, 1.54) is 0 Å². The van der Waals surface area contributed by atoms with Crippen molar-refractivity contribution in [2.24, 2.45) is 5.92 Å². The predicted octanol–water partition coefficient (Wildman–Crippen LogP) is 2.59. The first-order chi connectivity index (χ1) is 6.67. The summed E-state index contributed by atoms with van der Waals surface area (Å²) >= 11 is 5.85. The molecule has 0 aromatic heterocycles. The minimum absolute atomic E-state index is 0.0148. The molecular formula is C11H10ClNO. The molecule has 72 valence electrons. The molecule has 14 heavy (non-hydrogen) atoms. The maximum atomic E-state index is 10.4. The summed E-state index contributed by atoms with van der Waals surface area (Å²) in [5.74, 6) is -0.0148. The van der Waals surface area contributed by atoms with Crippen LogP contribution in [-0.4, -0.2) is 6.29 Å². The van der Waals surface area contributed by atoms with E-state index < -0.39 is 0 Å². The van der Waals surface area contributed by atoms with E-state index in [1.54, 1.807) is 12.1 Å². The molecule has 0 spiro atoms. The Kier molecular flexibility index (Phi) is 3.67. The van der Waals surface area contributed by atoms with Crippen LogP contribution in [0.1, 0.15) is 18.1 Å². The highest BCUT2D eigenvalue weighted by Gasteiger charge is 2.04. The Morgan fingerprint density at radius 1 is 1.64 bits per heavy atom. The summed E-state index contributed by atoms with van der Waals surface area (Å²) in [4.78, 5) is 10.4. The number of halogens is 1. The van der Waals surface area contributed by atoms with Gasteiger partial charge in [0.1, 0.15) is 12.4 Å². The average Bonchev–Trinajstić information content (AvgIpc) is 2.18. The van der Waals surface area contributed by atoms with E-state index in [2.05, 4.69) is 0 Å². The lowest BCUT2D eigenvalue weighted by Crippen LogP contribution is -2.00. The molecule has 0 aliphatic heterocycles. The second-order valence-corrected chi connectivity index (χ2v) is 3.65. The molecule has 0 aliphatic rings. The Morgan fingerprint density at radius 2 is 2.36 bits per heavy atom. The van der Waals surface area contributed by atoms with E-state index in [0.29, 0.717) is 17.0 Å². The van der Waals surface area contributed by atoms with Crippen LogP contribution in [0.5, 0.6) is 0 Å². The molecule has 0 fully saturated rings. The average molecular weight is 208 g/mol. The van der Waals surface area contributed by atoms with Crippen molar-refractivity contribution in [2.45, 2.75) is 13.3 Å². The van der Waals surface area contributed by atoms with Crippen molar-refractivity contribution in [1.82, 2.24) is 0 Å². The Balaban J connectivity index is 2.87. The van der Waals surface area contributed by atoms with Crippen LogP contribution < -0.4 is 0 Å². The summed E-state index contributed by atoms with van der Waals surface area (Å²) in [7, 11) is 0. The third-order valence-corrected chi connectivity index (χ3v) is 2.26. The van der Waals surface area contributed by atoms with Crippen LogP contribution in [0.3, 0.4) is 0 Å². The van der Waals surface area contributed by atoms with Gasteiger partial charge in [0.2, 0.25) is 0 Å². The maximum Gasteiger partial charge on any atom is 0.123 e. The van der Waals surface area contributed by atoms with Gasteiger partial charge in [-0.15, -0.1) is 0 Å². The van der Waals surface area contributed by atoms with Gasteiger partial charge in [0.05, 0.1) is 10.6 Å². The predicted molar refractivity (Wildman–Crippen MR) is 55.1 cm³/mol. The van der Waals surface area contributed by atoms with Crippen LogP contribution in [0.15, 0.2) is 18.2 Å². The minimum atomic E-state index is -0.0148. The Labute approximate surface area is 88.1 Å². The van der Waals surface area contributed by atoms with Crippen molar-refractivity contribution < 1.29 is 4.79 Å². The van der Waals surface area contributed by atoms with Crippen molar-refractivity contribution in [1.29, 1.82) is 5.26 Å². The van der Waals surface area contributed by atoms with E-state index in [1.807, 2.05) is 19.1 Å². The van der Waals surface area contributed by atoms with Gasteiger partial charge in [-0.2, -0.15) is 5.26 Å². The zero-order valence-corrected chi connectivity index (χ0v) is 8.58. The van der Waals surface area contributed by atoms with Crippen LogP contribution in [0.2, 0.25) is 5.02 Å². The number of hydrogen-bond acceptors (Lipinski definition) is 2. The van der Waals surface area contributed by atoms with Gasteiger partial charge in [-0.1, -0.05) is 24.6 Å². The summed E-state index contributed by atoms with van der Waals surface area (Å²) in [6.07, 6.45) is 1.57. The van der Waals surface area contributed by atoms with Gasteiger partial charge >= 0.3 is 0 Å². The minimum Gasteiger partial charge on any atom is -0.303 e. The molecule has 2 nitrogen and oxygen atoms in total. The van der Waals surface area contributed by atoms with Gasteiger partial charge in [-0.25, -0.2) is 0 Å². The monoisotopic (exact) mass is 207 g/mol. The zero-order chi connectivity index (χ0) is 10.6. The fourth-order valence-corrected chi connectivity index (χ4v) is 1.44. The number of rotatable bonds is 3. The molecule has 0 bridgehead atoms. The molecular weight excluding hydrogens is 198 g/mol. The number of carbonyl (C=O) groups is 1. The first-order valence-corrected chi connectivity index (χ1v) is 4.69. The standard InChI is InChI=1S/C11H10ClNO/c1-8(7-14)4-9-2-3-10(6-13)11(12)5-9/h2-3,5,7-8H,4H2,1H3. The van der Waals surface area contributed by atoms with Crippen molar-refractivity contribution in [2.75, 3.05) is 0 Å². The lowest BCUT2D eigenvalue weighted by Gasteiger charge is -2.04. The summed E-state index contributed by atoms with van der Waals surface area (Å²) in [5.41, 5.74) is 1.45. The van der Waals surface area contributed by atoms with Crippen LogP contribution in [-0.2, 0) is 11.2 Å². The third-order valence-electron chi connectivity index (χ3n) is 1.94. The zero-order valence-electron chi connectivity index (χ0n) is 7.83. The molecule has 1 aromatic rings. The largest absolute Gasteiger partial charge is 0.303 e. The van der Waals surface area contributed by atoms with E-state index in [4.69, 9.17) is 16.9 Å². The number of nitriles is 1. The van der Waals surface area contributed by atoms with Gasteiger partial charge < -0.3 is 4.79 Å². The molecule has 1 atom stereocenters. The van der Waals surface area contributed by atoms with E-state index >= 15 is 0 Å². The van der Waals surface area contributed by atoms with E-state index in [0.717, 1.165) is 11.8 Å². The molecule has 1 rings (SSSR count). The fraction of sp³-hybridized carbons (Fsp3) is 0.273. The van der Waals surface area contributed by atoms with Crippen LogP contribution in [0.25, 0.3) is 0 Å². The summed E-state index contributed by atoms with van der Waals surface area (Å²) in [6, 6.07) is 7.22. The topological polar surface area (TPSA) is 40.9 Å². The quantitative estimate of drug-likeness (QED) is 0.715. The molecule has 0 N–H and O–H groups in total. The van der Waals surface area contributed by atoms with Gasteiger partial charge in [0.15, 0.2) is 0 Å². The van der Waals surface area contributed by atoms with Crippen LogP contribution in [0, 0.1) is 17.2 Å². The normalized spacial score (nSPS) is 11.8. The Hall–Kier alpha value is -1.33. The molecule has 0 saturated carbocycles. The Bertz CT molecular complexity index is 381. The SMILES string of the molecule is CC(C=O)Cc1ccc(C#N)c(Cl)c1. The lowest BCUT2D eigenvalue weighted by atomic mass is 10.0.